The van der Waals surface area contributed by atoms with Crippen LogP contribution in [0.15, 0.2) is 0 Å². The second kappa shape index (κ2) is 5.85. The van der Waals surface area contributed by atoms with E-state index in [9.17, 15) is 4.79 Å². The first-order chi connectivity index (χ1) is 7.73. The first-order valence-electron chi connectivity index (χ1n) is 5.40. The molecule has 4 unspecified atom stereocenters. The lowest BCUT2D eigenvalue weighted by atomic mass is 9.71. The van der Waals surface area contributed by atoms with Gasteiger partial charge in [0.15, 0.2) is 0 Å². The summed E-state index contributed by atoms with van der Waals surface area (Å²) in [5.74, 6) is 0.106. The van der Waals surface area contributed by atoms with Gasteiger partial charge in [-0.2, -0.15) is 0 Å². The monoisotopic (exact) mass is 364 g/mol. The molecule has 0 aromatic carbocycles. The van der Waals surface area contributed by atoms with Gasteiger partial charge in [0, 0.05) is 23.6 Å². The largest absolute Gasteiger partial charge is 0.465 e. The molecule has 4 atom stereocenters. The third-order valence-corrected chi connectivity index (χ3v) is 6.73. The van der Waals surface area contributed by atoms with Crippen molar-refractivity contribution >= 4 is 56.7 Å². The van der Waals surface area contributed by atoms with Crippen LogP contribution in [0.4, 0.5) is 0 Å². The van der Waals surface area contributed by atoms with Gasteiger partial charge in [0.2, 0.25) is 0 Å². The molecule has 17 heavy (non-hydrogen) atoms. The maximum Gasteiger partial charge on any atom is 0.302 e. The van der Waals surface area contributed by atoms with E-state index in [1.807, 2.05) is 6.92 Å². The van der Waals surface area contributed by atoms with Crippen LogP contribution in [0.3, 0.4) is 0 Å². The molecule has 1 fully saturated rings. The third kappa shape index (κ3) is 3.65. The van der Waals surface area contributed by atoms with Crippen molar-refractivity contribution in [3.05, 3.63) is 0 Å². The Labute approximate surface area is 125 Å². The zero-order valence-corrected chi connectivity index (χ0v) is 13.7. The van der Waals surface area contributed by atoms with Crippen LogP contribution >= 0.6 is 50.7 Å². The molecule has 1 aliphatic carbocycles. The Morgan fingerprint density at radius 3 is 2.53 bits per heavy atom. The minimum atomic E-state index is -0.351. The molecule has 100 valence electrons. The van der Waals surface area contributed by atoms with Gasteiger partial charge in [0.05, 0.1) is 16.3 Å². The minimum Gasteiger partial charge on any atom is -0.465 e. The van der Waals surface area contributed by atoms with Crippen molar-refractivity contribution in [1.82, 2.24) is 0 Å². The van der Waals surface area contributed by atoms with E-state index in [1.165, 1.54) is 6.92 Å². The summed E-state index contributed by atoms with van der Waals surface area (Å²) in [5, 5.41) is -0.244. The number of hydrogen-bond donors (Lipinski definition) is 0. The number of ether oxygens (including phenoxy) is 1. The van der Waals surface area contributed by atoms with E-state index in [0.717, 1.165) is 0 Å². The molecular formula is C11H16BrCl3O2. The number of alkyl halides is 4. The van der Waals surface area contributed by atoms with E-state index in [1.54, 1.807) is 0 Å². The third-order valence-electron chi connectivity index (χ3n) is 3.26. The van der Waals surface area contributed by atoms with Gasteiger partial charge < -0.3 is 4.74 Å². The highest BCUT2D eigenvalue weighted by molar-refractivity contribution is 9.10. The van der Waals surface area contributed by atoms with Crippen molar-refractivity contribution in [3.63, 3.8) is 0 Å². The first kappa shape index (κ1) is 15.9. The van der Waals surface area contributed by atoms with Crippen LogP contribution in [0.5, 0.6) is 0 Å². The van der Waals surface area contributed by atoms with Crippen LogP contribution in [-0.2, 0) is 9.53 Å². The smallest absolute Gasteiger partial charge is 0.302 e. The Morgan fingerprint density at radius 2 is 2.06 bits per heavy atom. The van der Waals surface area contributed by atoms with E-state index in [-0.39, 0.29) is 26.5 Å². The number of carbonyl (C=O) groups excluding carboxylic acids is 1. The van der Waals surface area contributed by atoms with E-state index >= 15 is 0 Å². The number of rotatable bonds is 3. The molecule has 0 amide bonds. The number of carbonyl (C=O) groups is 1. The Balaban J connectivity index is 2.80. The minimum absolute atomic E-state index is 0.118. The highest BCUT2D eigenvalue weighted by Crippen LogP contribution is 2.50. The van der Waals surface area contributed by atoms with Gasteiger partial charge in [0.25, 0.3) is 0 Å². The fourth-order valence-corrected chi connectivity index (χ4v) is 4.04. The number of hydrogen-bond acceptors (Lipinski definition) is 2. The Kier molecular flexibility index (Phi) is 5.47. The molecule has 0 aromatic rings. The molecular weight excluding hydrogens is 350 g/mol. The number of esters is 1. The molecule has 0 radical (unpaired) electrons. The summed E-state index contributed by atoms with van der Waals surface area (Å²) in [7, 11) is 0. The van der Waals surface area contributed by atoms with Crippen LogP contribution in [0, 0.1) is 5.41 Å². The van der Waals surface area contributed by atoms with Crippen molar-refractivity contribution in [3.8, 4) is 0 Å². The average molecular weight is 367 g/mol. The molecule has 0 N–H and O–H groups in total. The van der Waals surface area contributed by atoms with Gasteiger partial charge in [-0.1, -0.05) is 22.9 Å². The maximum absolute atomic E-state index is 10.9. The Hall–Kier alpha value is 0.820. The lowest BCUT2D eigenvalue weighted by molar-refractivity contribution is -0.145. The standard InChI is InChI=1S/C11H16BrCl3O2/c1-7(16)17-6-10(2)4-11(12,5-13)9(15)3-8(10)14/h8-9H,3-6H2,1-2H3. The first-order valence-corrected chi connectivity index (χ1v) is 7.60. The van der Waals surface area contributed by atoms with E-state index < -0.39 is 0 Å². The second-order valence-corrected chi connectivity index (χ2v) is 7.85. The zero-order valence-electron chi connectivity index (χ0n) is 9.81. The summed E-state index contributed by atoms with van der Waals surface area (Å²) in [6, 6.07) is 0. The van der Waals surface area contributed by atoms with Gasteiger partial charge in [0.1, 0.15) is 0 Å². The highest BCUT2D eigenvalue weighted by atomic mass is 79.9. The molecule has 0 heterocycles. The summed E-state index contributed by atoms with van der Waals surface area (Å²) < 4.78 is 4.75. The quantitative estimate of drug-likeness (QED) is 0.559. The van der Waals surface area contributed by atoms with Gasteiger partial charge in [-0.3, -0.25) is 4.79 Å². The van der Waals surface area contributed by atoms with Crippen molar-refractivity contribution in [2.75, 3.05) is 12.5 Å². The molecule has 1 rings (SSSR count). The lowest BCUT2D eigenvalue weighted by Crippen LogP contribution is -2.52. The SMILES string of the molecule is CC(=O)OCC1(C)CC(Br)(CCl)C(Cl)CC1Cl. The zero-order chi connectivity index (χ0) is 13.3. The average Bonchev–Trinajstić information content (AvgIpc) is 2.24. The Morgan fingerprint density at radius 1 is 1.47 bits per heavy atom. The predicted octanol–water partition coefficient (Wildman–Crippen LogP) is 3.94. The summed E-state index contributed by atoms with van der Waals surface area (Å²) in [6.07, 6.45) is 1.32. The van der Waals surface area contributed by atoms with Gasteiger partial charge in [-0.15, -0.1) is 34.8 Å². The van der Waals surface area contributed by atoms with Gasteiger partial charge in [-0.25, -0.2) is 0 Å². The van der Waals surface area contributed by atoms with Gasteiger partial charge >= 0.3 is 5.97 Å². The molecule has 0 aliphatic heterocycles. The summed E-state index contributed by atoms with van der Waals surface area (Å²) in [4.78, 5) is 10.9. The topological polar surface area (TPSA) is 26.3 Å². The molecule has 1 aliphatic rings. The van der Waals surface area contributed by atoms with E-state index in [0.29, 0.717) is 25.3 Å². The fourth-order valence-electron chi connectivity index (χ4n) is 2.11. The molecule has 0 spiro atoms. The van der Waals surface area contributed by atoms with Crippen LogP contribution in [0.2, 0.25) is 0 Å². The normalized spacial score (nSPS) is 42.2. The summed E-state index contributed by atoms with van der Waals surface area (Å²) >= 11 is 22.2. The van der Waals surface area contributed by atoms with Crippen LogP contribution < -0.4 is 0 Å². The molecule has 0 saturated heterocycles. The maximum atomic E-state index is 10.9. The summed E-state index contributed by atoms with van der Waals surface area (Å²) in [6.45, 7) is 3.69. The number of halogens is 4. The van der Waals surface area contributed by atoms with E-state index in [4.69, 9.17) is 39.5 Å². The van der Waals surface area contributed by atoms with Crippen molar-refractivity contribution in [2.24, 2.45) is 5.41 Å². The van der Waals surface area contributed by atoms with Crippen molar-refractivity contribution < 1.29 is 9.53 Å². The fraction of sp³-hybridized carbons (Fsp3) is 0.909. The molecule has 2 nitrogen and oxygen atoms in total. The van der Waals surface area contributed by atoms with Crippen LogP contribution in [0.25, 0.3) is 0 Å². The predicted molar refractivity (Wildman–Crippen MR) is 75.6 cm³/mol. The molecule has 0 bridgehead atoms. The summed E-state index contributed by atoms with van der Waals surface area (Å²) in [5.41, 5.74) is -0.309. The second-order valence-electron chi connectivity index (χ2n) is 4.95. The molecule has 0 aromatic heterocycles. The lowest BCUT2D eigenvalue weighted by Gasteiger charge is -2.47. The van der Waals surface area contributed by atoms with Crippen LogP contribution in [0.1, 0.15) is 26.7 Å². The molecule has 1 saturated carbocycles. The van der Waals surface area contributed by atoms with Gasteiger partial charge in [-0.05, 0) is 12.8 Å². The van der Waals surface area contributed by atoms with Crippen LogP contribution in [-0.4, -0.2) is 33.5 Å². The Bertz CT molecular complexity index is 302. The van der Waals surface area contributed by atoms with Crippen molar-refractivity contribution in [1.29, 1.82) is 0 Å². The van der Waals surface area contributed by atoms with E-state index in [2.05, 4.69) is 15.9 Å². The van der Waals surface area contributed by atoms with Crippen molar-refractivity contribution in [2.45, 2.75) is 41.8 Å². The molecule has 6 heteroatoms. The highest BCUT2D eigenvalue weighted by Gasteiger charge is 2.51.